The molecule has 2 atom stereocenters. The fraction of sp³-hybridized carbons (Fsp3) is 0.333. The van der Waals surface area contributed by atoms with Crippen LogP contribution in [0.15, 0.2) is 18.2 Å². The summed E-state index contributed by atoms with van der Waals surface area (Å²) in [7, 11) is 1.28. The van der Waals surface area contributed by atoms with E-state index in [1.807, 2.05) is 0 Å². The summed E-state index contributed by atoms with van der Waals surface area (Å²) in [6.07, 6.45) is -3.62. The van der Waals surface area contributed by atoms with E-state index >= 15 is 0 Å². The number of aliphatic hydroxyl groups excluding tert-OH is 2. The smallest absolute Gasteiger partial charge is 0.335 e. The number of methoxy groups -OCH3 is 1. The number of hydrogen-bond donors (Lipinski definition) is 4. The highest BCUT2D eigenvalue weighted by Crippen LogP contribution is 2.29. The van der Waals surface area contributed by atoms with E-state index in [2.05, 4.69) is 0 Å². The molecule has 0 bridgehead atoms. The van der Waals surface area contributed by atoms with Gasteiger partial charge in [-0.05, 0) is 12.1 Å². The van der Waals surface area contributed by atoms with Crippen LogP contribution in [-0.2, 0) is 4.79 Å². The van der Waals surface area contributed by atoms with Gasteiger partial charge in [0.05, 0.1) is 25.2 Å². The lowest BCUT2D eigenvalue weighted by molar-refractivity contribution is -0.141. The molecule has 0 aliphatic heterocycles. The topological polar surface area (TPSA) is 124 Å². The maximum Gasteiger partial charge on any atom is 0.335 e. The molecule has 7 nitrogen and oxygen atoms in total. The van der Waals surface area contributed by atoms with Crippen molar-refractivity contribution in [1.29, 1.82) is 0 Å². The molecule has 0 fully saturated rings. The largest absolute Gasteiger partial charge is 0.496 e. The standard InChI is InChI=1S/C12H14O7/c1-19-9-4-6(12(17)18)2-3-7(9)11(16)8(13)5-10(14)15/h2-4,8,11,13,16H,5H2,1H3,(H,14,15)(H,17,18). The van der Waals surface area contributed by atoms with Crippen molar-refractivity contribution in [1.82, 2.24) is 0 Å². The summed E-state index contributed by atoms with van der Waals surface area (Å²) in [6, 6.07) is 3.70. The Labute approximate surface area is 108 Å². The molecule has 0 aliphatic rings. The van der Waals surface area contributed by atoms with Gasteiger partial charge in [0.25, 0.3) is 0 Å². The van der Waals surface area contributed by atoms with Crippen LogP contribution in [0.4, 0.5) is 0 Å². The zero-order valence-electron chi connectivity index (χ0n) is 10.1. The van der Waals surface area contributed by atoms with E-state index in [9.17, 15) is 19.8 Å². The molecule has 0 aliphatic carbocycles. The summed E-state index contributed by atoms with van der Waals surface area (Å²) in [6.45, 7) is 0. The van der Waals surface area contributed by atoms with Gasteiger partial charge in [-0.3, -0.25) is 4.79 Å². The Morgan fingerprint density at radius 2 is 1.89 bits per heavy atom. The van der Waals surface area contributed by atoms with Crippen LogP contribution in [0.5, 0.6) is 5.75 Å². The zero-order valence-corrected chi connectivity index (χ0v) is 10.1. The number of aliphatic hydroxyl groups is 2. The molecular formula is C12H14O7. The van der Waals surface area contributed by atoms with E-state index in [4.69, 9.17) is 14.9 Å². The Kier molecular flexibility index (Phi) is 4.85. The van der Waals surface area contributed by atoms with Gasteiger partial charge in [0.1, 0.15) is 11.9 Å². The van der Waals surface area contributed by atoms with Crippen LogP contribution in [0, 0.1) is 0 Å². The highest BCUT2D eigenvalue weighted by atomic mass is 16.5. The van der Waals surface area contributed by atoms with Crippen LogP contribution in [0.1, 0.15) is 28.4 Å². The second kappa shape index (κ2) is 6.17. The Morgan fingerprint density at radius 3 is 2.37 bits per heavy atom. The van der Waals surface area contributed by atoms with Crippen molar-refractivity contribution in [3.05, 3.63) is 29.3 Å². The van der Waals surface area contributed by atoms with Crippen LogP contribution < -0.4 is 4.74 Å². The third-order valence-electron chi connectivity index (χ3n) is 2.55. The van der Waals surface area contributed by atoms with Crippen molar-refractivity contribution in [2.24, 2.45) is 0 Å². The molecule has 0 saturated carbocycles. The van der Waals surface area contributed by atoms with Crippen molar-refractivity contribution in [3.8, 4) is 5.75 Å². The van der Waals surface area contributed by atoms with Gasteiger partial charge in [-0.25, -0.2) is 4.79 Å². The third kappa shape index (κ3) is 3.67. The second-order valence-electron chi connectivity index (χ2n) is 3.87. The first-order chi connectivity index (χ1) is 8.86. The normalized spacial score (nSPS) is 13.6. The first-order valence-electron chi connectivity index (χ1n) is 5.36. The van der Waals surface area contributed by atoms with Crippen LogP contribution in [0.3, 0.4) is 0 Å². The molecule has 0 aromatic heterocycles. The third-order valence-corrected chi connectivity index (χ3v) is 2.55. The van der Waals surface area contributed by atoms with Crippen LogP contribution >= 0.6 is 0 Å². The molecule has 104 valence electrons. The van der Waals surface area contributed by atoms with E-state index < -0.39 is 30.6 Å². The molecule has 0 amide bonds. The minimum Gasteiger partial charge on any atom is -0.496 e. The molecule has 0 heterocycles. The lowest BCUT2D eigenvalue weighted by Crippen LogP contribution is -2.22. The number of aromatic carboxylic acids is 1. The quantitative estimate of drug-likeness (QED) is 0.584. The molecular weight excluding hydrogens is 256 g/mol. The van der Waals surface area contributed by atoms with Gasteiger partial charge in [-0.15, -0.1) is 0 Å². The SMILES string of the molecule is COc1cc(C(=O)O)ccc1C(O)C(O)CC(=O)O. The lowest BCUT2D eigenvalue weighted by Gasteiger charge is -2.19. The highest BCUT2D eigenvalue weighted by Gasteiger charge is 2.24. The van der Waals surface area contributed by atoms with Gasteiger partial charge < -0.3 is 25.2 Å². The van der Waals surface area contributed by atoms with Crippen molar-refractivity contribution in [3.63, 3.8) is 0 Å². The first-order valence-corrected chi connectivity index (χ1v) is 5.36. The van der Waals surface area contributed by atoms with Crippen molar-refractivity contribution in [2.45, 2.75) is 18.6 Å². The number of benzene rings is 1. The van der Waals surface area contributed by atoms with Crippen molar-refractivity contribution >= 4 is 11.9 Å². The molecule has 1 rings (SSSR count). The summed E-state index contributed by atoms with van der Waals surface area (Å²) in [5.74, 6) is -2.35. The number of carboxylic acid groups (broad SMARTS) is 2. The monoisotopic (exact) mass is 270 g/mol. The van der Waals surface area contributed by atoms with Crippen molar-refractivity contribution in [2.75, 3.05) is 7.11 Å². The highest BCUT2D eigenvalue weighted by molar-refractivity contribution is 5.88. The Bertz CT molecular complexity index is 483. The maximum atomic E-state index is 10.8. The van der Waals surface area contributed by atoms with Crippen LogP contribution in [0.25, 0.3) is 0 Å². The minimum absolute atomic E-state index is 0.0412. The summed E-state index contributed by atoms with van der Waals surface area (Å²) < 4.78 is 4.93. The number of carboxylic acids is 2. The summed E-state index contributed by atoms with van der Waals surface area (Å²) >= 11 is 0. The number of carbonyl (C=O) groups is 2. The predicted molar refractivity (Wildman–Crippen MR) is 63.2 cm³/mol. The fourth-order valence-corrected chi connectivity index (χ4v) is 1.59. The number of rotatable bonds is 6. The Morgan fingerprint density at radius 1 is 1.26 bits per heavy atom. The number of hydrogen-bond acceptors (Lipinski definition) is 5. The van der Waals surface area contributed by atoms with Crippen LogP contribution in [0.2, 0.25) is 0 Å². The first kappa shape index (κ1) is 14.9. The van der Waals surface area contributed by atoms with Gasteiger partial charge in [-0.2, -0.15) is 0 Å². The molecule has 19 heavy (non-hydrogen) atoms. The molecule has 1 aromatic rings. The summed E-state index contributed by atoms with van der Waals surface area (Å²) in [5, 5.41) is 36.7. The van der Waals surface area contributed by atoms with Gasteiger partial charge >= 0.3 is 11.9 Å². The lowest BCUT2D eigenvalue weighted by atomic mass is 9.99. The predicted octanol–water partition coefficient (Wildman–Crippen LogP) is 0.262. The van der Waals surface area contributed by atoms with Gasteiger partial charge in [0.2, 0.25) is 0 Å². The molecule has 0 spiro atoms. The number of ether oxygens (including phenoxy) is 1. The van der Waals surface area contributed by atoms with E-state index in [0.717, 1.165) is 0 Å². The average Bonchev–Trinajstić information content (AvgIpc) is 2.36. The molecule has 4 N–H and O–H groups in total. The van der Waals surface area contributed by atoms with E-state index in [1.165, 1.54) is 25.3 Å². The second-order valence-corrected chi connectivity index (χ2v) is 3.87. The summed E-state index contributed by atoms with van der Waals surface area (Å²) in [4.78, 5) is 21.2. The zero-order chi connectivity index (χ0) is 14.6. The van der Waals surface area contributed by atoms with Gasteiger partial charge in [-0.1, -0.05) is 6.07 Å². The molecule has 0 radical (unpaired) electrons. The average molecular weight is 270 g/mol. The molecule has 1 aromatic carbocycles. The van der Waals surface area contributed by atoms with Gasteiger partial charge in [0, 0.05) is 5.56 Å². The van der Waals surface area contributed by atoms with Gasteiger partial charge in [0.15, 0.2) is 0 Å². The Hall–Kier alpha value is -2.12. The minimum atomic E-state index is -1.51. The fourth-order valence-electron chi connectivity index (χ4n) is 1.59. The van der Waals surface area contributed by atoms with E-state index in [-0.39, 0.29) is 16.9 Å². The van der Waals surface area contributed by atoms with Crippen LogP contribution in [-0.4, -0.2) is 45.6 Å². The van der Waals surface area contributed by atoms with E-state index in [1.54, 1.807) is 0 Å². The Balaban J connectivity index is 3.05. The summed E-state index contributed by atoms with van der Waals surface area (Å²) in [5.41, 5.74) is 0.0850. The van der Waals surface area contributed by atoms with E-state index in [0.29, 0.717) is 0 Å². The number of aliphatic carboxylic acids is 1. The molecule has 0 saturated heterocycles. The maximum absolute atomic E-state index is 10.8. The van der Waals surface area contributed by atoms with Crippen molar-refractivity contribution < 1.29 is 34.8 Å². The molecule has 2 unspecified atom stereocenters. The molecule has 7 heteroatoms.